The maximum absolute atomic E-state index is 10.2. The summed E-state index contributed by atoms with van der Waals surface area (Å²) in [6.45, 7) is -0.223. The first-order valence-corrected chi connectivity index (χ1v) is 4.40. The van der Waals surface area contributed by atoms with Gasteiger partial charge in [0.05, 0.1) is 0 Å². The monoisotopic (exact) mass is 272 g/mol. The normalized spacial score (nSPS) is 12.8. The molecule has 0 saturated carbocycles. The van der Waals surface area contributed by atoms with Crippen LogP contribution in [0.4, 0.5) is 0 Å². The van der Waals surface area contributed by atoms with E-state index in [4.69, 9.17) is 0 Å². The Morgan fingerprint density at radius 3 is 1.79 bits per heavy atom. The first-order chi connectivity index (χ1) is 9.06. The van der Waals surface area contributed by atoms with Crippen molar-refractivity contribution in [3.05, 3.63) is 31.5 Å². The molecule has 0 aromatic carbocycles. The SMILES string of the molecule is O=[N+]([O-])/N=c1/nn[nH]n1Cn1[nH]nn/c1=N\[N+](=O)[O-]. The van der Waals surface area contributed by atoms with E-state index < -0.39 is 10.1 Å². The molecule has 2 heterocycles. The maximum atomic E-state index is 10.2. The van der Waals surface area contributed by atoms with Crippen molar-refractivity contribution in [3.8, 4) is 0 Å². The summed E-state index contributed by atoms with van der Waals surface area (Å²) in [6.07, 6.45) is 0. The van der Waals surface area contributed by atoms with Crippen LogP contribution in [0, 0.1) is 20.2 Å². The fraction of sp³-hybridized carbons (Fsp3) is 0.333. The summed E-state index contributed by atoms with van der Waals surface area (Å²) < 4.78 is 2.03. The molecule has 0 radical (unpaired) electrons. The summed E-state index contributed by atoms with van der Waals surface area (Å²) in [5.41, 5.74) is -0.696. The molecule has 0 amide bonds. The van der Waals surface area contributed by atoms with Crippen molar-refractivity contribution in [1.29, 1.82) is 0 Å². The maximum Gasteiger partial charge on any atom is 0.339 e. The fourth-order valence-corrected chi connectivity index (χ4v) is 1.06. The van der Waals surface area contributed by atoms with E-state index >= 15 is 0 Å². The number of nitrogens with zero attached hydrogens (tertiary/aromatic N) is 10. The smallest absolute Gasteiger partial charge is 0.233 e. The molecule has 16 nitrogen and oxygen atoms in total. The van der Waals surface area contributed by atoms with Gasteiger partial charge in [0.1, 0.15) is 16.9 Å². The van der Waals surface area contributed by atoms with Crippen molar-refractivity contribution in [3.63, 3.8) is 0 Å². The third-order valence-electron chi connectivity index (χ3n) is 1.72. The average Bonchev–Trinajstić information content (AvgIpc) is 2.89. The highest BCUT2D eigenvalue weighted by Crippen LogP contribution is 1.75. The van der Waals surface area contributed by atoms with E-state index in [-0.39, 0.29) is 17.9 Å². The van der Waals surface area contributed by atoms with Crippen LogP contribution in [-0.2, 0) is 6.67 Å². The summed E-state index contributed by atoms with van der Waals surface area (Å²) in [7, 11) is 0. The Balaban J connectivity index is 2.38. The van der Waals surface area contributed by atoms with Crippen LogP contribution in [0.3, 0.4) is 0 Å². The molecule has 0 saturated heterocycles. The standard InChI is InChI=1S/C3H4N12O4/c16-14(17)6-2-4-8-10-12(2)1-13-3(5-9-11-13)7-15(18)19/h1H2,(H,4,6,10)(H,5,7,11). The van der Waals surface area contributed by atoms with Gasteiger partial charge >= 0.3 is 11.2 Å². The van der Waals surface area contributed by atoms with Crippen LogP contribution in [0.1, 0.15) is 0 Å². The second kappa shape index (κ2) is 4.81. The van der Waals surface area contributed by atoms with Crippen LogP contribution in [0.25, 0.3) is 0 Å². The van der Waals surface area contributed by atoms with E-state index in [1.165, 1.54) is 0 Å². The highest BCUT2D eigenvalue weighted by molar-refractivity contribution is 4.52. The first-order valence-electron chi connectivity index (χ1n) is 4.40. The third kappa shape index (κ3) is 2.81. The van der Waals surface area contributed by atoms with Crippen LogP contribution in [0.5, 0.6) is 0 Å². The van der Waals surface area contributed by atoms with Gasteiger partial charge in [-0.15, -0.1) is 0 Å². The largest absolute Gasteiger partial charge is 0.339 e. The lowest BCUT2D eigenvalue weighted by Crippen LogP contribution is -2.31. The van der Waals surface area contributed by atoms with Crippen molar-refractivity contribution in [1.82, 2.24) is 40.4 Å². The molecule has 2 aromatic rings. The van der Waals surface area contributed by atoms with Gasteiger partial charge in [0.15, 0.2) is 10.1 Å². The quantitative estimate of drug-likeness (QED) is 0.416. The third-order valence-corrected chi connectivity index (χ3v) is 1.72. The molecule has 2 aromatic heterocycles. The Kier molecular flexibility index (Phi) is 3.04. The van der Waals surface area contributed by atoms with Gasteiger partial charge in [-0.3, -0.25) is 0 Å². The Bertz CT molecular complexity index is 664. The highest BCUT2D eigenvalue weighted by atomic mass is 16.7. The van der Waals surface area contributed by atoms with Gasteiger partial charge in [0.2, 0.25) is 0 Å². The number of aromatic amines is 2. The van der Waals surface area contributed by atoms with E-state index in [0.29, 0.717) is 0 Å². The van der Waals surface area contributed by atoms with Gasteiger partial charge in [0, 0.05) is 0 Å². The molecule has 0 fully saturated rings. The Morgan fingerprint density at radius 2 is 1.42 bits per heavy atom. The van der Waals surface area contributed by atoms with Gasteiger partial charge in [-0.2, -0.15) is 10.4 Å². The van der Waals surface area contributed by atoms with Gasteiger partial charge in [-0.05, 0) is 10.4 Å². The molecule has 0 aliphatic rings. The molecular weight excluding hydrogens is 268 g/mol. The number of nitro groups is 2. The summed E-state index contributed by atoms with van der Waals surface area (Å²) in [5, 5.41) is 42.3. The van der Waals surface area contributed by atoms with Gasteiger partial charge in [-0.1, -0.05) is 10.2 Å². The first kappa shape index (κ1) is 12.0. The van der Waals surface area contributed by atoms with Gasteiger partial charge in [-0.25, -0.2) is 29.6 Å². The zero-order valence-corrected chi connectivity index (χ0v) is 8.81. The summed E-state index contributed by atoms with van der Waals surface area (Å²) in [5.74, 6) is 0. The molecule has 100 valence electrons. The van der Waals surface area contributed by atoms with Crippen molar-refractivity contribution < 1.29 is 10.1 Å². The van der Waals surface area contributed by atoms with E-state index in [9.17, 15) is 20.2 Å². The predicted molar refractivity (Wildman–Crippen MR) is 49.3 cm³/mol. The number of hydrogen-bond acceptors (Lipinski definition) is 8. The van der Waals surface area contributed by atoms with Crippen LogP contribution >= 0.6 is 0 Å². The zero-order valence-electron chi connectivity index (χ0n) is 8.81. The second-order valence-electron chi connectivity index (χ2n) is 2.87. The Morgan fingerprint density at radius 1 is 1.00 bits per heavy atom. The van der Waals surface area contributed by atoms with E-state index in [0.717, 1.165) is 9.36 Å². The second-order valence-corrected chi connectivity index (χ2v) is 2.87. The van der Waals surface area contributed by atoms with Crippen molar-refractivity contribution >= 4 is 0 Å². The van der Waals surface area contributed by atoms with Crippen LogP contribution in [0.15, 0.2) is 10.2 Å². The van der Waals surface area contributed by atoms with Crippen molar-refractivity contribution in [2.24, 2.45) is 10.2 Å². The van der Waals surface area contributed by atoms with Crippen LogP contribution in [-0.4, -0.2) is 50.5 Å². The molecule has 0 unspecified atom stereocenters. The van der Waals surface area contributed by atoms with Crippen LogP contribution in [0.2, 0.25) is 0 Å². The number of H-pyrrole nitrogens is 2. The lowest BCUT2D eigenvalue weighted by Gasteiger charge is -1.98. The zero-order chi connectivity index (χ0) is 13.8. The molecule has 16 heteroatoms. The minimum absolute atomic E-state index is 0.223. The summed E-state index contributed by atoms with van der Waals surface area (Å²) >= 11 is 0. The molecule has 0 bridgehead atoms. The lowest BCUT2D eigenvalue weighted by atomic mass is 10.9. The number of nitrogens with one attached hydrogen (secondary N) is 2. The van der Waals surface area contributed by atoms with E-state index in [2.05, 4.69) is 41.3 Å². The van der Waals surface area contributed by atoms with E-state index in [1.54, 1.807) is 0 Å². The number of aromatic nitrogens is 8. The molecule has 0 atom stereocenters. The highest BCUT2D eigenvalue weighted by Gasteiger charge is 2.07. The number of tetrazole rings is 2. The number of hydrogen-bond donors (Lipinski definition) is 2. The number of rotatable bonds is 4. The lowest BCUT2D eigenvalue weighted by molar-refractivity contribution is -0.491. The van der Waals surface area contributed by atoms with E-state index in [1.807, 2.05) is 0 Å². The topological polar surface area (TPSA) is 204 Å². The fourth-order valence-electron chi connectivity index (χ4n) is 1.06. The molecule has 19 heavy (non-hydrogen) atoms. The summed E-state index contributed by atoms with van der Waals surface area (Å²) in [6, 6.07) is 0. The van der Waals surface area contributed by atoms with Gasteiger partial charge < -0.3 is 0 Å². The minimum Gasteiger partial charge on any atom is -0.233 e. The Hall–Kier alpha value is -3.46. The van der Waals surface area contributed by atoms with Gasteiger partial charge in [0.25, 0.3) is 0 Å². The molecule has 2 N–H and O–H groups in total. The molecular formula is C3H4N12O4. The van der Waals surface area contributed by atoms with Crippen molar-refractivity contribution in [2.75, 3.05) is 0 Å². The minimum atomic E-state index is -0.966. The average molecular weight is 272 g/mol. The van der Waals surface area contributed by atoms with Crippen LogP contribution < -0.4 is 11.2 Å². The molecule has 0 aliphatic heterocycles. The predicted octanol–water partition coefficient (Wildman–Crippen LogP) is -3.78. The van der Waals surface area contributed by atoms with Crippen molar-refractivity contribution in [2.45, 2.75) is 6.67 Å². The molecule has 0 spiro atoms. The summed E-state index contributed by atoms with van der Waals surface area (Å²) in [4.78, 5) is 20.5. The molecule has 2 rings (SSSR count). The Labute approximate surface area is 99.9 Å². The molecule has 0 aliphatic carbocycles.